The molecule has 0 radical (unpaired) electrons. The fourth-order valence-electron chi connectivity index (χ4n) is 2.70. The Kier molecular flexibility index (Phi) is 4.12. The molecule has 0 spiro atoms. The van der Waals surface area contributed by atoms with E-state index < -0.39 is 6.17 Å². The summed E-state index contributed by atoms with van der Waals surface area (Å²) in [6.45, 7) is 1.78. The molecule has 6 heteroatoms. The lowest BCUT2D eigenvalue weighted by Gasteiger charge is -2.15. The lowest BCUT2D eigenvalue weighted by Crippen LogP contribution is -2.12. The SMILES string of the molecule is COCCn1ncc(Cl)c1C(F)c1cccc2c1NCC2. The number of anilines is 1. The molecule has 4 nitrogen and oxygen atoms in total. The summed E-state index contributed by atoms with van der Waals surface area (Å²) in [4.78, 5) is 0. The summed E-state index contributed by atoms with van der Waals surface area (Å²) in [7, 11) is 1.60. The molecule has 21 heavy (non-hydrogen) atoms. The molecular weight excluding hydrogens is 293 g/mol. The second-order valence-corrected chi connectivity index (χ2v) is 5.42. The van der Waals surface area contributed by atoms with E-state index in [1.165, 1.54) is 6.20 Å². The van der Waals surface area contributed by atoms with Gasteiger partial charge in [0, 0.05) is 24.9 Å². The van der Waals surface area contributed by atoms with Crippen LogP contribution in [0.15, 0.2) is 24.4 Å². The number of methoxy groups -OCH3 is 1. The molecule has 112 valence electrons. The first kappa shape index (κ1) is 14.4. The molecule has 0 aliphatic carbocycles. The van der Waals surface area contributed by atoms with Crippen LogP contribution in [-0.2, 0) is 17.7 Å². The zero-order chi connectivity index (χ0) is 14.8. The van der Waals surface area contributed by atoms with E-state index in [1.54, 1.807) is 17.9 Å². The Morgan fingerprint density at radius 3 is 3.19 bits per heavy atom. The summed E-state index contributed by atoms with van der Waals surface area (Å²) in [5.74, 6) is 0. The summed E-state index contributed by atoms with van der Waals surface area (Å²) < 4.78 is 21.7. The second-order valence-electron chi connectivity index (χ2n) is 5.01. The Hall–Kier alpha value is -1.59. The Bertz CT molecular complexity index is 644. The van der Waals surface area contributed by atoms with Crippen molar-refractivity contribution < 1.29 is 9.13 Å². The van der Waals surface area contributed by atoms with Gasteiger partial charge in [-0.3, -0.25) is 4.68 Å². The molecule has 0 bridgehead atoms. The fraction of sp³-hybridized carbons (Fsp3) is 0.400. The predicted octanol–water partition coefficient (Wildman–Crippen LogP) is 3.21. The second kappa shape index (κ2) is 6.03. The van der Waals surface area contributed by atoms with Crippen LogP contribution in [0.1, 0.15) is 23.0 Å². The number of para-hydroxylation sites is 1. The third-order valence-corrected chi connectivity index (χ3v) is 4.02. The lowest BCUT2D eigenvalue weighted by molar-refractivity contribution is 0.180. The number of fused-ring (bicyclic) bond motifs is 1. The number of nitrogens with one attached hydrogen (secondary N) is 1. The Balaban J connectivity index is 1.97. The van der Waals surface area contributed by atoms with Gasteiger partial charge in [0.05, 0.1) is 30.1 Å². The van der Waals surface area contributed by atoms with Crippen LogP contribution >= 0.6 is 11.6 Å². The first-order chi connectivity index (χ1) is 10.2. The van der Waals surface area contributed by atoms with E-state index in [0.29, 0.717) is 29.4 Å². The van der Waals surface area contributed by atoms with Gasteiger partial charge in [-0.25, -0.2) is 4.39 Å². The van der Waals surface area contributed by atoms with E-state index in [2.05, 4.69) is 10.4 Å². The number of halogens is 2. The van der Waals surface area contributed by atoms with Crippen LogP contribution in [0.4, 0.5) is 10.1 Å². The smallest absolute Gasteiger partial charge is 0.170 e. The predicted molar refractivity (Wildman–Crippen MR) is 80.7 cm³/mol. The molecule has 0 fully saturated rings. The summed E-state index contributed by atoms with van der Waals surface area (Å²) in [5.41, 5.74) is 3.04. The molecule has 0 amide bonds. The average Bonchev–Trinajstić information content (AvgIpc) is 3.10. The molecule has 1 aliphatic heterocycles. The molecule has 0 saturated heterocycles. The maximum atomic E-state index is 15.1. The summed E-state index contributed by atoms with van der Waals surface area (Å²) in [5, 5.41) is 7.74. The minimum absolute atomic E-state index is 0.342. The van der Waals surface area contributed by atoms with Crippen molar-refractivity contribution in [2.24, 2.45) is 0 Å². The van der Waals surface area contributed by atoms with Gasteiger partial charge in [0.1, 0.15) is 0 Å². The summed E-state index contributed by atoms with van der Waals surface area (Å²) in [6, 6.07) is 5.71. The van der Waals surface area contributed by atoms with Crippen LogP contribution in [0.25, 0.3) is 0 Å². The zero-order valence-electron chi connectivity index (χ0n) is 11.8. The molecule has 1 unspecified atom stereocenters. The highest BCUT2D eigenvalue weighted by molar-refractivity contribution is 6.31. The van der Waals surface area contributed by atoms with Crippen molar-refractivity contribution in [3.63, 3.8) is 0 Å². The van der Waals surface area contributed by atoms with Crippen LogP contribution in [0.2, 0.25) is 5.02 Å². The summed E-state index contributed by atoms with van der Waals surface area (Å²) >= 11 is 6.14. The maximum absolute atomic E-state index is 15.1. The van der Waals surface area contributed by atoms with E-state index in [0.717, 1.165) is 24.2 Å². The Morgan fingerprint density at radius 1 is 1.52 bits per heavy atom. The van der Waals surface area contributed by atoms with Gasteiger partial charge in [0.25, 0.3) is 0 Å². The fourth-order valence-corrected chi connectivity index (χ4v) is 2.94. The number of alkyl halides is 1. The van der Waals surface area contributed by atoms with Crippen molar-refractivity contribution in [1.82, 2.24) is 9.78 Å². The molecule has 1 N–H and O–H groups in total. The van der Waals surface area contributed by atoms with Gasteiger partial charge in [0.15, 0.2) is 6.17 Å². The standard InChI is InChI=1S/C15H17ClFN3O/c1-21-8-7-20-15(12(16)9-19-20)13(17)11-4-2-3-10-5-6-18-14(10)11/h2-4,9,13,18H,5-8H2,1H3. The number of hydrogen-bond donors (Lipinski definition) is 1. The van der Waals surface area contributed by atoms with E-state index in [4.69, 9.17) is 16.3 Å². The highest BCUT2D eigenvalue weighted by Crippen LogP contribution is 2.38. The quantitative estimate of drug-likeness (QED) is 0.922. The van der Waals surface area contributed by atoms with Gasteiger partial charge in [-0.2, -0.15) is 5.10 Å². The monoisotopic (exact) mass is 309 g/mol. The Morgan fingerprint density at radius 2 is 2.38 bits per heavy atom. The maximum Gasteiger partial charge on any atom is 0.170 e. The minimum Gasteiger partial charge on any atom is -0.384 e. The van der Waals surface area contributed by atoms with Gasteiger partial charge in [-0.15, -0.1) is 0 Å². The number of aromatic nitrogens is 2. The van der Waals surface area contributed by atoms with E-state index in [1.807, 2.05) is 12.1 Å². The van der Waals surface area contributed by atoms with Gasteiger partial charge in [0.2, 0.25) is 0 Å². The lowest BCUT2D eigenvalue weighted by atomic mass is 10.0. The van der Waals surface area contributed by atoms with Crippen molar-refractivity contribution in [2.45, 2.75) is 19.1 Å². The highest BCUT2D eigenvalue weighted by Gasteiger charge is 2.26. The number of ether oxygens (including phenoxy) is 1. The van der Waals surface area contributed by atoms with Crippen LogP contribution in [0.5, 0.6) is 0 Å². The Labute approximate surface area is 127 Å². The average molecular weight is 310 g/mol. The number of rotatable bonds is 5. The van der Waals surface area contributed by atoms with Gasteiger partial charge in [-0.1, -0.05) is 29.8 Å². The molecule has 1 aromatic heterocycles. The number of benzene rings is 1. The van der Waals surface area contributed by atoms with Crippen molar-refractivity contribution in [3.8, 4) is 0 Å². The molecular formula is C15H17ClFN3O. The number of nitrogens with zero attached hydrogens (tertiary/aromatic N) is 2. The molecule has 1 aromatic carbocycles. The molecule has 0 saturated carbocycles. The van der Waals surface area contributed by atoms with Crippen LogP contribution < -0.4 is 5.32 Å². The first-order valence-corrected chi connectivity index (χ1v) is 7.30. The van der Waals surface area contributed by atoms with E-state index in [-0.39, 0.29) is 0 Å². The third-order valence-electron chi connectivity index (χ3n) is 3.73. The van der Waals surface area contributed by atoms with E-state index in [9.17, 15) is 0 Å². The third kappa shape index (κ3) is 2.63. The molecule has 1 aliphatic rings. The molecule has 1 atom stereocenters. The van der Waals surface area contributed by atoms with Gasteiger partial charge in [-0.05, 0) is 12.0 Å². The van der Waals surface area contributed by atoms with Crippen molar-refractivity contribution >= 4 is 17.3 Å². The van der Waals surface area contributed by atoms with E-state index >= 15 is 4.39 Å². The van der Waals surface area contributed by atoms with Gasteiger partial charge >= 0.3 is 0 Å². The highest BCUT2D eigenvalue weighted by atomic mass is 35.5. The normalized spacial score (nSPS) is 14.8. The minimum atomic E-state index is -1.31. The molecule has 2 heterocycles. The van der Waals surface area contributed by atoms with Crippen molar-refractivity contribution in [2.75, 3.05) is 25.6 Å². The first-order valence-electron chi connectivity index (χ1n) is 6.92. The zero-order valence-corrected chi connectivity index (χ0v) is 12.5. The molecule has 3 rings (SSSR count). The van der Waals surface area contributed by atoms with Gasteiger partial charge < -0.3 is 10.1 Å². The van der Waals surface area contributed by atoms with Crippen LogP contribution in [-0.4, -0.2) is 30.0 Å². The van der Waals surface area contributed by atoms with Crippen molar-refractivity contribution in [3.05, 3.63) is 46.2 Å². The molecule has 2 aromatic rings. The summed E-state index contributed by atoms with van der Waals surface area (Å²) in [6.07, 6.45) is 1.10. The largest absolute Gasteiger partial charge is 0.384 e. The van der Waals surface area contributed by atoms with Crippen molar-refractivity contribution in [1.29, 1.82) is 0 Å². The topological polar surface area (TPSA) is 39.1 Å². The van der Waals surface area contributed by atoms with Crippen LogP contribution in [0, 0.1) is 0 Å². The van der Waals surface area contributed by atoms with Crippen LogP contribution in [0.3, 0.4) is 0 Å². The number of hydrogen-bond acceptors (Lipinski definition) is 3.